The Kier molecular flexibility index (Phi) is 7.41. The van der Waals surface area contributed by atoms with Gasteiger partial charge in [-0.3, -0.25) is 14.4 Å². The Balaban J connectivity index is 1.74. The highest BCUT2D eigenvalue weighted by Crippen LogP contribution is 2.41. The van der Waals surface area contributed by atoms with Crippen LogP contribution >= 0.6 is 0 Å². The van der Waals surface area contributed by atoms with Crippen LogP contribution in [0.5, 0.6) is 0 Å². The van der Waals surface area contributed by atoms with Gasteiger partial charge in [-0.15, -0.1) is 0 Å². The molecule has 1 aliphatic heterocycles. The molecule has 0 spiro atoms. The summed E-state index contributed by atoms with van der Waals surface area (Å²) in [7, 11) is 0. The fourth-order valence-electron chi connectivity index (χ4n) is 4.52. The lowest BCUT2D eigenvalue weighted by Crippen LogP contribution is -2.54. The maximum Gasteiger partial charge on any atom is 0.263 e. The monoisotopic (exact) mass is 436 g/mol. The molecule has 0 bridgehead atoms. The van der Waals surface area contributed by atoms with Crippen LogP contribution in [-0.2, 0) is 14.3 Å². The molecule has 170 valence electrons. The first-order chi connectivity index (χ1) is 14.7. The van der Waals surface area contributed by atoms with Gasteiger partial charge in [-0.25, -0.2) is 8.78 Å². The van der Waals surface area contributed by atoms with Gasteiger partial charge in [0.2, 0.25) is 5.91 Å². The number of hydrogen-bond acceptors (Lipinski definition) is 4. The van der Waals surface area contributed by atoms with Gasteiger partial charge in [0.15, 0.2) is 5.78 Å². The molecule has 2 aliphatic rings. The molecule has 2 N–H and O–H groups in total. The summed E-state index contributed by atoms with van der Waals surface area (Å²) < 4.78 is 31.0. The number of hydrogen-bond donors (Lipinski definition) is 2. The zero-order valence-corrected chi connectivity index (χ0v) is 18.0. The van der Waals surface area contributed by atoms with Crippen LogP contribution in [0.1, 0.15) is 74.7 Å². The number of benzene rings is 1. The summed E-state index contributed by atoms with van der Waals surface area (Å²) in [5.74, 6) is -1.11. The summed E-state index contributed by atoms with van der Waals surface area (Å²) in [4.78, 5) is 38.0. The topological polar surface area (TPSA) is 84.5 Å². The minimum Gasteiger partial charge on any atom is -0.368 e. The van der Waals surface area contributed by atoms with Gasteiger partial charge in [0.25, 0.3) is 12.3 Å². The molecule has 1 aromatic rings. The quantitative estimate of drug-likeness (QED) is 0.653. The third-order valence-corrected chi connectivity index (χ3v) is 6.41. The molecule has 1 saturated carbocycles. The van der Waals surface area contributed by atoms with Crippen molar-refractivity contribution < 1.29 is 27.9 Å². The molecular formula is C23H30F2N2O4. The summed E-state index contributed by atoms with van der Waals surface area (Å²) in [5, 5.41) is 5.54. The van der Waals surface area contributed by atoms with E-state index in [1.807, 2.05) is 6.92 Å². The smallest absolute Gasteiger partial charge is 0.263 e. The zero-order chi connectivity index (χ0) is 22.6. The third kappa shape index (κ3) is 5.67. The number of ketones is 1. The first-order valence-electron chi connectivity index (χ1n) is 10.9. The number of carbonyl (C=O) groups excluding carboxylic acids is 3. The Hall–Kier alpha value is -2.35. The molecule has 3 rings (SSSR count). The number of alkyl halides is 2. The van der Waals surface area contributed by atoms with Crippen molar-refractivity contribution in [3.63, 3.8) is 0 Å². The van der Waals surface area contributed by atoms with Crippen LogP contribution < -0.4 is 10.6 Å². The van der Waals surface area contributed by atoms with Gasteiger partial charge < -0.3 is 15.4 Å². The summed E-state index contributed by atoms with van der Waals surface area (Å²) >= 11 is 0. The number of Topliss-reactive ketones (excluding diaryl/α,β-unsaturated/α-hetero) is 1. The highest BCUT2D eigenvalue weighted by Gasteiger charge is 2.39. The number of carbonyl (C=O) groups is 3. The van der Waals surface area contributed by atoms with E-state index in [1.165, 1.54) is 24.3 Å². The first-order valence-corrected chi connectivity index (χ1v) is 10.9. The predicted molar refractivity (Wildman–Crippen MR) is 111 cm³/mol. The van der Waals surface area contributed by atoms with Crippen molar-refractivity contribution in [2.24, 2.45) is 5.41 Å². The van der Waals surface area contributed by atoms with Crippen LogP contribution in [0.2, 0.25) is 0 Å². The molecule has 2 amide bonds. The fourth-order valence-corrected chi connectivity index (χ4v) is 4.52. The highest BCUT2D eigenvalue weighted by atomic mass is 19.3. The van der Waals surface area contributed by atoms with Crippen molar-refractivity contribution in [3.8, 4) is 0 Å². The predicted octanol–water partition coefficient (Wildman–Crippen LogP) is 3.56. The van der Waals surface area contributed by atoms with E-state index in [9.17, 15) is 23.2 Å². The average molecular weight is 436 g/mol. The van der Waals surface area contributed by atoms with Crippen molar-refractivity contribution in [1.82, 2.24) is 10.6 Å². The normalized spacial score (nSPS) is 23.7. The van der Waals surface area contributed by atoms with Crippen LogP contribution in [0.25, 0.3) is 0 Å². The largest absolute Gasteiger partial charge is 0.368 e. The number of halogens is 2. The Morgan fingerprint density at radius 1 is 1.19 bits per heavy atom. The number of ether oxygens (including phenoxy) is 1. The Morgan fingerprint density at radius 2 is 1.84 bits per heavy atom. The molecule has 1 aliphatic carbocycles. The molecule has 0 unspecified atom stereocenters. The van der Waals surface area contributed by atoms with Crippen molar-refractivity contribution >= 4 is 17.6 Å². The summed E-state index contributed by atoms with van der Waals surface area (Å²) in [6.07, 6.45) is 2.09. The minimum atomic E-state index is -2.62. The van der Waals surface area contributed by atoms with Crippen LogP contribution in [0.15, 0.2) is 24.3 Å². The second-order valence-electron chi connectivity index (χ2n) is 8.88. The van der Waals surface area contributed by atoms with Gasteiger partial charge in [0, 0.05) is 11.1 Å². The SMILES string of the molecule is CC[C@@H]1OCC(=O)[C@H]1NC(=O)[C@H](CC1(C)CCCC1)NC(=O)c1ccc(C(F)F)cc1. The van der Waals surface area contributed by atoms with Gasteiger partial charge >= 0.3 is 0 Å². The summed E-state index contributed by atoms with van der Waals surface area (Å²) in [6, 6.07) is 3.49. The first kappa shape index (κ1) is 23.3. The van der Waals surface area contributed by atoms with Gasteiger partial charge in [-0.2, -0.15) is 0 Å². The molecule has 6 nitrogen and oxygen atoms in total. The molecule has 2 fully saturated rings. The lowest BCUT2D eigenvalue weighted by atomic mass is 9.81. The van der Waals surface area contributed by atoms with E-state index in [0.29, 0.717) is 12.8 Å². The van der Waals surface area contributed by atoms with Gasteiger partial charge in [0.05, 0.1) is 6.10 Å². The van der Waals surface area contributed by atoms with Gasteiger partial charge in [-0.05, 0) is 43.2 Å². The van der Waals surface area contributed by atoms with Crippen molar-refractivity contribution in [2.75, 3.05) is 6.61 Å². The minimum absolute atomic E-state index is 0.0331. The van der Waals surface area contributed by atoms with Gasteiger partial charge in [-0.1, -0.05) is 38.8 Å². The molecule has 0 aromatic heterocycles. The fraction of sp³-hybridized carbons (Fsp3) is 0.609. The van der Waals surface area contributed by atoms with E-state index >= 15 is 0 Å². The van der Waals surface area contributed by atoms with Crippen LogP contribution in [0.3, 0.4) is 0 Å². The lowest BCUT2D eigenvalue weighted by molar-refractivity contribution is -0.128. The second-order valence-corrected chi connectivity index (χ2v) is 8.88. The lowest BCUT2D eigenvalue weighted by Gasteiger charge is -2.30. The van der Waals surface area contributed by atoms with Crippen molar-refractivity contribution in [1.29, 1.82) is 0 Å². The molecule has 31 heavy (non-hydrogen) atoms. The van der Waals surface area contributed by atoms with Crippen LogP contribution in [0.4, 0.5) is 8.78 Å². The zero-order valence-electron chi connectivity index (χ0n) is 18.0. The number of amides is 2. The Morgan fingerprint density at radius 3 is 2.42 bits per heavy atom. The van der Waals surface area contributed by atoms with Crippen molar-refractivity contribution in [2.45, 2.75) is 77.0 Å². The van der Waals surface area contributed by atoms with Crippen LogP contribution in [0, 0.1) is 5.41 Å². The summed E-state index contributed by atoms with van der Waals surface area (Å²) in [5.41, 5.74) is -0.0602. The number of nitrogens with one attached hydrogen (secondary N) is 2. The molecule has 1 saturated heterocycles. The van der Waals surface area contributed by atoms with Gasteiger partial charge in [0.1, 0.15) is 18.7 Å². The van der Waals surface area contributed by atoms with Crippen molar-refractivity contribution in [3.05, 3.63) is 35.4 Å². The van der Waals surface area contributed by atoms with E-state index in [1.54, 1.807) is 0 Å². The molecule has 8 heteroatoms. The third-order valence-electron chi connectivity index (χ3n) is 6.41. The molecular weight excluding hydrogens is 406 g/mol. The summed E-state index contributed by atoms with van der Waals surface area (Å²) in [6.45, 7) is 3.95. The average Bonchev–Trinajstić information content (AvgIpc) is 3.33. The van der Waals surface area contributed by atoms with E-state index in [-0.39, 0.29) is 35.0 Å². The number of rotatable bonds is 8. The van der Waals surface area contributed by atoms with E-state index in [2.05, 4.69) is 17.6 Å². The van der Waals surface area contributed by atoms with Crippen LogP contribution in [-0.4, -0.2) is 42.4 Å². The Bertz CT molecular complexity index is 806. The molecule has 1 aromatic carbocycles. The van der Waals surface area contributed by atoms with E-state index in [0.717, 1.165) is 25.7 Å². The second kappa shape index (κ2) is 9.85. The maximum absolute atomic E-state index is 13.1. The Labute approximate surface area is 181 Å². The van der Waals surface area contributed by atoms with E-state index < -0.39 is 30.3 Å². The maximum atomic E-state index is 13.1. The molecule has 3 atom stereocenters. The highest BCUT2D eigenvalue weighted by molar-refractivity contribution is 5.99. The standard InChI is InChI=1S/C23H30F2N2O4/c1-3-18-19(17(28)13-31-18)27-22(30)16(12-23(2)10-4-5-11-23)26-21(29)15-8-6-14(7-9-15)20(24)25/h6-9,16,18-20H,3-5,10-13H2,1-2H3,(H,26,29)(H,27,30)/t16-,18-,19+/m0/s1. The molecule has 0 radical (unpaired) electrons. The van der Waals surface area contributed by atoms with E-state index in [4.69, 9.17) is 4.74 Å². The molecule has 1 heterocycles.